The number of para-hydroxylation sites is 2. The topological polar surface area (TPSA) is 39.1 Å². The first kappa shape index (κ1) is 12.6. The number of nitrogens with zero attached hydrogens (tertiary/aromatic N) is 2. The van der Waals surface area contributed by atoms with Gasteiger partial charge in [-0.15, -0.1) is 0 Å². The molecular weight excluding hydrogens is 238 g/mol. The molecule has 2 unspecified atom stereocenters. The highest BCUT2D eigenvalue weighted by Crippen LogP contribution is 2.28. The number of imidazole rings is 1. The summed E-state index contributed by atoms with van der Waals surface area (Å²) >= 11 is 0. The van der Waals surface area contributed by atoms with E-state index < -0.39 is 0 Å². The first-order chi connectivity index (χ1) is 9.35. The van der Waals surface area contributed by atoms with Gasteiger partial charge in [-0.1, -0.05) is 19.1 Å². The van der Waals surface area contributed by atoms with E-state index >= 15 is 0 Å². The average Bonchev–Trinajstić information content (AvgIpc) is 3.02. The number of hydrogen-bond acceptors (Lipinski definition) is 3. The lowest BCUT2D eigenvalue weighted by molar-refractivity contribution is 0.187. The molecule has 0 amide bonds. The van der Waals surface area contributed by atoms with Gasteiger partial charge in [0.25, 0.3) is 0 Å². The van der Waals surface area contributed by atoms with Crippen LogP contribution in [0, 0.1) is 0 Å². The maximum absolute atomic E-state index is 5.66. The van der Waals surface area contributed by atoms with Crippen LogP contribution in [-0.2, 0) is 11.3 Å². The van der Waals surface area contributed by atoms with Crippen LogP contribution in [0.25, 0.3) is 11.0 Å². The highest BCUT2D eigenvalue weighted by molar-refractivity contribution is 5.76. The number of hydrogen-bond donors (Lipinski definition) is 1. The molecule has 4 heteroatoms. The van der Waals surface area contributed by atoms with E-state index in [4.69, 9.17) is 9.72 Å². The number of aryl methyl sites for hydroxylation is 1. The summed E-state index contributed by atoms with van der Waals surface area (Å²) < 4.78 is 7.97. The monoisotopic (exact) mass is 259 g/mol. The molecule has 0 saturated carbocycles. The van der Waals surface area contributed by atoms with Crippen molar-refractivity contribution in [1.29, 1.82) is 0 Å². The Kier molecular flexibility index (Phi) is 3.53. The van der Waals surface area contributed by atoms with Crippen molar-refractivity contribution in [3.8, 4) is 0 Å². The Morgan fingerprint density at radius 2 is 2.16 bits per heavy atom. The van der Waals surface area contributed by atoms with Crippen molar-refractivity contribution in [2.24, 2.45) is 0 Å². The van der Waals surface area contributed by atoms with Crippen LogP contribution in [0.1, 0.15) is 25.6 Å². The number of fused-ring (bicyclic) bond motifs is 1. The van der Waals surface area contributed by atoms with Gasteiger partial charge >= 0.3 is 0 Å². The van der Waals surface area contributed by atoms with Crippen molar-refractivity contribution < 1.29 is 4.74 Å². The molecule has 0 aliphatic carbocycles. The minimum absolute atomic E-state index is 0.354. The SMILES string of the molecule is CCNC1COCC1c1nc2ccccc2n1CC. The standard InChI is InChI=1S/C15H21N3O/c1-3-16-13-10-19-9-11(13)15-17-12-7-5-6-8-14(12)18(15)4-2/h5-8,11,13,16H,3-4,9-10H2,1-2H3. The highest BCUT2D eigenvalue weighted by Gasteiger charge is 2.32. The average molecular weight is 259 g/mol. The number of rotatable bonds is 4. The Morgan fingerprint density at radius 3 is 2.95 bits per heavy atom. The Labute approximate surface area is 113 Å². The molecular formula is C15H21N3O. The van der Waals surface area contributed by atoms with Crippen LogP contribution in [0.2, 0.25) is 0 Å². The van der Waals surface area contributed by atoms with E-state index in [0.29, 0.717) is 12.0 Å². The molecule has 19 heavy (non-hydrogen) atoms. The lowest BCUT2D eigenvalue weighted by Crippen LogP contribution is -2.35. The summed E-state index contributed by atoms with van der Waals surface area (Å²) in [6.07, 6.45) is 0. The third-order valence-corrected chi connectivity index (χ3v) is 3.88. The second-order valence-corrected chi connectivity index (χ2v) is 5.01. The number of nitrogens with one attached hydrogen (secondary N) is 1. The molecule has 0 spiro atoms. The summed E-state index contributed by atoms with van der Waals surface area (Å²) in [5, 5.41) is 3.51. The summed E-state index contributed by atoms with van der Waals surface area (Å²) in [5.41, 5.74) is 2.31. The van der Waals surface area contributed by atoms with Crippen molar-refractivity contribution in [3.05, 3.63) is 30.1 Å². The van der Waals surface area contributed by atoms with E-state index in [1.165, 1.54) is 5.52 Å². The van der Waals surface area contributed by atoms with E-state index in [1.807, 2.05) is 6.07 Å². The molecule has 4 nitrogen and oxygen atoms in total. The first-order valence-electron chi connectivity index (χ1n) is 7.11. The lowest BCUT2D eigenvalue weighted by Gasteiger charge is -2.18. The molecule has 2 heterocycles. The second kappa shape index (κ2) is 5.31. The maximum Gasteiger partial charge on any atom is 0.116 e. The smallest absolute Gasteiger partial charge is 0.116 e. The summed E-state index contributed by atoms with van der Waals surface area (Å²) in [6, 6.07) is 8.74. The van der Waals surface area contributed by atoms with Gasteiger partial charge in [0.15, 0.2) is 0 Å². The Morgan fingerprint density at radius 1 is 1.32 bits per heavy atom. The molecule has 3 rings (SSSR count). The Hall–Kier alpha value is -1.39. The van der Waals surface area contributed by atoms with E-state index in [1.54, 1.807) is 0 Å². The minimum Gasteiger partial charge on any atom is -0.379 e. The van der Waals surface area contributed by atoms with Crippen molar-refractivity contribution in [2.45, 2.75) is 32.4 Å². The normalized spacial score (nSPS) is 23.3. The fourth-order valence-electron chi connectivity index (χ4n) is 2.98. The zero-order valence-electron chi connectivity index (χ0n) is 11.6. The highest BCUT2D eigenvalue weighted by atomic mass is 16.5. The molecule has 2 aromatic rings. The number of ether oxygens (including phenoxy) is 1. The van der Waals surface area contributed by atoms with Gasteiger partial charge in [0.2, 0.25) is 0 Å². The molecule has 2 atom stereocenters. The largest absolute Gasteiger partial charge is 0.379 e. The molecule has 1 fully saturated rings. The predicted octanol–water partition coefficient (Wildman–Crippen LogP) is 2.15. The van der Waals surface area contributed by atoms with Crippen LogP contribution < -0.4 is 5.32 Å². The quantitative estimate of drug-likeness (QED) is 0.914. The summed E-state index contributed by atoms with van der Waals surface area (Å²) in [5.74, 6) is 1.51. The van der Waals surface area contributed by atoms with Crippen LogP contribution in [0.3, 0.4) is 0 Å². The molecule has 1 aromatic heterocycles. The van der Waals surface area contributed by atoms with Crippen molar-refractivity contribution in [3.63, 3.8) is 0 Å². The van der Waals surface area contributed by atoms with E-state index in [9.17, 15) is 0 Å². The summed E-state index contributed by atoms with van der Waals surface area (Å²) in [6.45, 7) is 7.78. The third-order valence-electron chi connectivity index (χ3n) is 3.88. The third kappa shape index (κ3) is 2.15. The molecule has 1 aliphatic heterocycles. The number of benzene rings is 1. The predicted molar refractivity (Wildman–Crippen MR) is 76.4 cm³/mol. The zero-order valence-corrected chi connectivity index (χ0v) is 11.6. The molecule has 1 saturated heterocycles. The maximum atomic E-state index is 5.66. The van der Waals surface area contributed by atoms with Gasteiger partial charge in [-0.2, -0.15) is 0 Å². The van der Waals surface area contributed by atoms with Crippen LogP contribution in [0.4, 0.5) is 0 Å². The van der Waals surface area contributed by atoms with E-state index in [2.05, 4.69) is 41.9 Å². The first-order valence-corrected chi connectivity index (χ1v) is 7.11. The number of aromatic nitrogens is 2. The van der Waals surface area contributed by atoms with Crippen LogP contribution >= 0.6 is 0 Å². The molecule has 1 N–H and O–H groups in total. The lowest BCUT2D eigenvalue weighted by atomic mass is 10.0. The van der Waals surface area contributed by atoms with Gasteiger partial charge < -0.3 is 14.6 Å². The fourth-order valence-corrected chi connectivity index (χ4v) is 2.98. The minimum atomic E-state index is 0.354. The van der Waals surface area contributed by atoms with Crippen molar-refractivity contribution in [1.82, 2.24) is 14.9 Å². The van der Waals surface area contributed by atoms with Crippen molar-refractivity contribution >= 4 is 11.0 Å². The molecule has 0 radical (unpaired) electrons. The van der Waals surface area contributed by atoms with E-state index in [0.717, 1.165) is 37.6 Å². The zero-order chi connectivity index (χ0) is 13.2. The summed E-state index contributed by atoms with van der Waals surface area (Å²) in [7, 11) is 0. The number of likely N-dealkylation sites (N-methyl/N-ethyl adjacent to an activating group) is 1. The Balaban J connectivity index is 2.04. The van der Waals surface area contributed by atoms with E-state index in [-0.39, 0.29) is 0 Å². The van der Waals surface area contributed by atoms with Crippen LogP contribution in [-0.4, -0.2) is 35.4 Å². The molecule has 1 aliphatic rings. The van der Waals surface area contributed by atoms with Gasteiger partial charge in [-0.25, -0.2) is 4.98 Å². The fraction of sp³-hybridized carbons (Fsp3) is 0.533. The van der Waals surface area contributed by atoms with Gasteiger partial charge in [0.05, 0.1) is 30.2 Å². The van der Waals surface area contributed by atoms with Gasteiger partial charge in [-0.05, 0) is 25.6 Å². The molecule has 0 bridgehead atoms. The van der Waals surface area contributed by atoms with Crippen LogP contribution in [0.15, 0.2) is 24.3 Å². The van der Waals surface area contributed by atoms with Crippen LogP contribution in [0.5, 0.6) is 0 Å². The van der Waals surface area contributed by atoms with Gasteiger partial charge in [0, 0.05) is 12.6 Å². The molecule has 102 valence electrons. The summed E-state index contributed by atoms with van der Waals surface area (Å²) in [4.78, 5) is 4.84. The Bertz CT molecular complexity index is 564. The van der Waals surface area contributed by atoms with Gasteiger partial charge in [-0.3, -0.25) is 0 Å². The molecule has 1 aromatic carbocycles. The van der Waals surface area contributed by atoms with Crippen molar-refractivity contribution in [2.75, 3.05) is 19.8 Å². The second-order valence-electron chi connectivity index (χ2n) is 5.01. The van der Waals surface area contributed by atoms with Gasteiger partial charge in [0.1, 0.15) is 5.82 Å².